The fraction of sp³-hybridized carbons (Fsp3) is 0.429. The Bertz CT molecular complexity index is 212. The molecular formula is C7H12N2OS. The van der Waals surface area contributed by atoms with E-state index in [4.69, 9.17) is 10.8 Å². The van der Waals surface area contributed by atoms with E-state index in [1.165, 1.54) is 11.3 Å². The van der Waals surface area contributed by atoms with Crippen molar-refractivity contribution in [3.63, 3.8) is 0 Å². The molecule has 1 aromatic rings. The third kappa shape index (κ3) is 2.78. The minimum absolute atomic E-state index is 0.230. The largest absolute Gasteiger partial charge is 0.396 e. The number of nitrogen functional groups attached to an aromatic ring is 1. The van der Waals surface area contributed by atoms with Gasteiger partial charge in [0.25, 0.3) is 0 Å². The Labute approximate surface area is 69.9 Å². The summed E-state index contributed by atoms with van der Waals surface area (Å²) in [6.07, 6.45) is 0.776. The van der Waals surface area contributed by atoms with Crippen molar-refractivity contribution in [2.75, 3.05) is 24.2 Å². The number of nitrogens with two attached hydrogens (primary N) is 1. The van der Waals surface area contributed by atoms with Gasteiger partial charge in [-0.3, -0.25) is 0 Å². The molecule has 0 unspecified atom stereocenters. The molecule has 0 saturated carbocycles. The Morgan fingerprint density at radius 1 is 1.55 bits per heavy atom. The van der Waals surface area contributed by atoms with Crippen LogP contribution in [0.4, 0.5) is 10.0 Å². The van der Waals surface area contributed by atoms with Gasteiger partial charge in [0.1, 0.15) is 0 Å². The molecular weight excluding hydrogens is 160 g/mol. The van der Waals surface area contributed by atoms with Crippen LogP contribution < -0.4 is 11.1 Å². The van der Waals surface area contributed by atoms with Gasteiger partial charge in [-0.2, -0.15) is 0 Å². The Balaban J connectivity index is 2.27. The van der Waals surface area contributed by atoms with E-state index in [1.54, 1.807) is 0 Å². The number of aliphatic hydroxyl groups is 1. The average Bonchev–Trinajstić information content (AvgIpc) is 2.37. The molecule has 1 aromatic heterocycles. The second-order valence-corrected chi connectivity index (χ2v) is 3.32. The molecule has 0 bridgehead atoms. The van der Waals surface area contributed by atoms with Crippen LogP contribution in [0.15, 0.2) is 12.1 Å². The highest BCUT2D eigenvalue weighted by Crippen LogP contribution is 2.22. The predicted octanol–water partition coefficient (Wildman–Crippen LogP) is 1.12. The number of thiophene rings is 1. The van der Waals surface area contributed by atoms with Gasteiger partial charge in [0.05, 0.1) is 10.0 Å². The van der Waals surface area contributed by atoms with Crippen LogP contribution in [0.2, 0.25) is 0 Å². The number of hydrogen-bond acceptors (Lipinski definition) is 4. The molecule has 1 rings (SSSR count). The van der Waals surface area contributed by atoms with Gasteiger partial charge in [-0.25, -0.2) is 0 Å². The molecule has 4 heteroatoms. The van der Waals surface area contributed by atoms with Gasteiger partial charge in [-0.05, 0) is 18.6 Å². The van der Waals surface area contributed by atoms with Crippen LogP contribution in [0, 0.1) is 0 Å². The van der Waals surface area contributed by atoms with Gasteiger partial charge >= 0.3 is 0 Å². The molecule has 62 valence electrons. The molecule has 0 saturated heterocycles. The fourth-order valence-corrected chi connectivity index (χ4v) is 1.44. The summed E-state index contributed by atoms with van der Waals surface area (Å²) in [5.74, 6) is 0. The highest BCUT2D eigenvalue weighted by atomic mass is 32.1. The van der Waals surface area contributed by atoms with Crippen molar-refractivity contribution in [3.05, 3.63) is 12.1 Å². The number of anilines is 2. The summed E-state index contributed by atoms with van der Waals surface area (Å²) in [7, 11) is 0. The third-order valence-electron chi connectivity index (χ3n) is 1.26. The second-order valence-electron chi connectivity index (χ2n) is 2.21. The molecule has 3 nitrogen and oxygen atoms in total. The predicted molar refractivity (Wildman–Crippen MR) is 48.9 cm³/mol. The molecule has 1 heterocycles. The van der Waals surface area contributed by atoms with Crippen LogP contribution in [-0.2, 0) is 0 Å². The van der Waals surface area contributed by atoms with Gasteiger partial charge in [0.2, 0.25) is 0 Å². The van der Waals surface area contributed by atoms with Crippen molar-refractivity contribution in [1.29, 1.82) is 0 Å². The minimum atomic E-state index is 0.230. The van der Waals surface area contributed by atoms with Crippen LogP contribution in [-0.4, -0.2) is 18.3 Å². The third-order valence-corrected chi connectivity index (χ3v) is 2.13. The first kappa shape index (κ1) is 8.36. The molecule has 0 radical (unpaired) electrons. The summed E-state index contributed by atoms with van der Waals surface area (Å²) in [4.78, 5) is 0. The molecule has 0 atom stereocenters. The first-order chi connectivity index (χ1) is 5.33. The molecule has 11 heavy (non-hydrogen) atoms. The van der Waals surface area contributed by atoms with Gasteiger partial charge in [0.15, 0.2) is 0 Å². The van der Waals surface area contributed by atoms with Crippen molar-refractivity contribution in [3.8, 4) is 0 Å². The van der Waals surface area contributed by atoms with E-state index in [1.807, 2.05) is 12.1 Å². The molecule has 0 spiro atoms. The standard InChI is InChI=1S/C7H12N2OS/c8-6-2-3-7(11-6)9-4-1-5-10/h2-3,9-10H,1,4-5,8H2. The van der Waals surface area contributed by atoms with E-state index in [0.29, 0.717) is 0 Å². The van der Waals surface area contributed by atoms with E-state index in [0.717, 1.165) is 23.0 Å². The lowest BCUT2D eigenvalue weighted by Crippen LogP contribution is -2.01. The first-order valence-corrected chi connectivity index (χ1v) is 4.34. The maximum atomic E-state index is 8.49. The van der Waals surface area contributed by atoms with Gasteiger partial charge in [-0.15, -0.1) is 11.3 Å². The van der Waals surface area contributed by atoms with Gasteiger partial charge < -0.3 is 16.2 Å². The summed E-state index contributed by atoms with van der Waals surface area (Å²) in [5.41, 5.74) is 5.51. The van der Waals surface area contributed by atoms with Crippen molar-refractivity contribution >= 4 is 21.3 Å². The van der Waals surface area contributed by atoms with E-state index >= 15 is 0 Å². The van der Waals surface area contributed by atoms with E-state index in [2.05, 4.69) is 5.32 Å². The molecule has 0 aromatic carbocycles. The van der Waals surface area contributed by atoms with Crippen molar-refractivity contribution < 1.29 is 5.11 Å². The molecule has 0 fully saturated rings. The molecule has 0 amide bonds. The highest BCUT2D eigenvalue weighted by Gasteiger charge is 1.93. The van der Waals surface area contributed by atoms with Gasteiger partial charge in [-0.1, -0.05) is 0 Å². The van der Waals surface area contributed by atoms with E-state index in [-0.39, 0.29) is 6.61 Å². The Hall–Kier alpha value is -0.740. The number of rotatable bonds is 4. The average molecular weight is 172 g/mol. The summed E-state index contributed by atoms with van der Waals surface area (Å²) in [6.45, 7) is 1.03. The van der Waals surface area contributed by atoms with Crippen LogP contribution in [0.1, 0.15) is 6.42 Å². The summed E-state index contributed by atoms with van der Waals surface area (Å²) in [6, 6.07) is 3.81. The maximum absolute atomic E-state index is 8.49. The lowest BCUT2D eigenvalue weighted by atomic mass is 10.4. The lowest BCUT2D eigenvalue weighted by molar-refractivity contribution is 0.292. The van der Waals surface area contributed by atoms with E-state index in [9.17, 15) is 0 Å². The summed E-state index contributed by atoms with van der Waals surface area (Å²) >= 11 is 1.52. The zero-order valence-electron chi connectivity index (χ0n) is 6.21. The van der Waals surface area contributed by atoms with Crippen LogP contribution in [0.3, 0.4) is 0 Å². The molecule has 0 aliphatic carbocycles. The smallest absolute Gasteiger partial charge is 0.0904 e. The van der Waals surface area contributed by atoms with Crippen LogP contribution in [0.25, 0.3) is 0 Å². The topological polar surface area (TPSA) is 58.3 Å². The summed E-state index contributed by atoms with van der Waals surface area (Å²) in [5, 5.41) is 13.5. The monoisotopic (exact) mass is 172 g/mol. The SMILES string of the molecule is Nc1ccc(NCCCO)s1. The normalized spacial score (nSPS) is 9.91. The minimum Gasteiger partial charge on any atom is -0.396 e. The Morgan fingerprint density at radius 2 is 2.36 bits per heavy atom. The zero-order valence-corrected chi connectivity index (χ0v) is 7.03. The Kier molecular flexibility index (Phi) is 3.19. The van der Waals surface area contributed by atoms with Crippen LogP contribution in [0.5, 0.6) is 0 Å². The number of nitrogens with one attached hydrogen (secondary N) is 1. The Morgan fingerprint density at radius 3 is 2.91 bits per heavy atom. The number of hydrogen-bond donors (Lipinski definition) is 3. The molecule has 0 aliphatic rings. The second kappa shape index (κ2) is 4.20. The van der Waals surface area contributed by atoms with E-state index < -0.39 is 0 Å². The van der Waals surface area contributed by atoms with Crippen molar-refractivity contribution in [2.45, 2.75) is 6.42 Å². The lowest BCUT2D eigenvalue weighted by Gasteiger charge is -1.99. The van der Waals surface area contributed by atoms with Crippen molar-refractivity contribution in [2.24, 2.45) is 0 Å². The maximum Gasteiger partial charge on any atom is 0.0904 e. The molecule has 0 aliphatic heterocycles. The first-order valence-electron chi connectivity index (χ1n) is 3.53. The fourth-order valence-electron chi connectivity index (χ4n) is 0.738. The quantitative estimate of drug-likeness (QED) is 0.597. The zero-order chi connectivity index (χ0) is 8.10. The molecule has 4 N–H and O–H groups in total. The summed E-state index contributed by atoms with van der Waals surface area (Å²) < 4.78 is 0. The number of aliphatic hydroxyl groups excluding tert-OH is 1. The van der Waals surface area contributed by atoms with Crippen molar-refractivity contribution in [1.82, 2.24) is 0 Å². The van der Waals surface area contributed by atoms with Crippen LogP contribution >= 0.6 is 11.3 Å². The highest BCUT2D eigenvalue weighted by molar-refractivity contribution is 7.19. The van der Waals surface area contributed by atoms with Gasteiger partial charge in [0, 0.05) is 13.2 Å².